The van der Waals surface area contributed by atoms with Gasteiger partial charge in [-0.1, -0.05) is 203 Å². The van der Waals surface area contributed by atoms with E-state index in [1.54, 1.807) is 0 Å². The van der Waals surface area contributed by atoms with Gasteiger partial charge >= 0.3 is 0 Å². The van der Waals surface area contributed by atoms with Gasteiger partial charge in [-0.2, -0.15) is 5.26 Å². The molecule has 0 N–H and O–H groups in total. The first-order valence-electron chi connectivity index (χ1n) is 26.1. The molecule has 2 aromatic carbocycles. The van der Waals surface area contributed by atoms with Crippen LogP contribution in [0.25, 0.3) is 6.08 Å². The quantitative estimate of drug-likeness (QED) is 0.199. The van der Waals surface area contributed by atoms with Crippen molar-refractivity contribution in [2.75, 3.05) is 6.61 Å². The third-order valence-electron chi connectivity index (χ3n) is 14.0. The lowest BCUT2D eigenvalue weighted by molar-refractivity contribution is 0.0514. The summed E-state index contributed by atoms with van der Waals surface area (Å²) in [5, 5.41) is 8.38. The molecule has 0 spiro atoms. The summed E-state index contributed by atoms with van der Waals surface area (Å²) in [6.45, 7) is 40.3. The molecule has 2 aromatic rings. The molecule has 5 atom stereocenters. The van der Waals surface area contributed by atoms with Crippen LogP contribution in [0.5, 0.6) is 5.75 Å². The third-order valence-corrected chi connectivity index (χ3v) is 14.0. The third kappa shape index (κ3) is 25.9. The summed E-state index contributed by atoms with van der Waals surface area (Å²) >= 11 is 0. The lowest BCUT2D eigenvalue weighted by Crippen LogP contribution is -2.23. The van der Waals surface area contributed by atoms with Gasteiger partial charge in [0.1, 0.15) is 17.9 Å². The zero-order valence-corrected chi connectivity index (χ0v) is 45.5. The molecule has 2 saturated carbocycles. The fraction of sp³-hybridized carbons (Fsp3) is 0.694. The standard InChI is InChI=1S/C15H16.C11H13NO.C11H22.C10H20.C8H18.C7H12O/c1-4-5-12-8-14-7-6-13(11(2)3)10-15(14)9-12;1-9(2)10-5-3-4-6-11(10)13-8-7-12;1-4-10-7-5-6-8-11(10)9(2)3;1-8(2)10-7-5-4-6-9(10)3;1-6(2)8(5)7(3)4;1-5-7(4)8-6(2)3/h1,6-7,9-11H,5,8H2,2-3H3;3-6,9H,8H2,1-2H3;9-11H,4-8H2,1-3H3;8-10H,4-7H2,1-3H3;6-8H,1-5H3;1,6-7H,2-4H3. The van der Waals surface area contributed by atoms with E-state index in [0.29, 0.717) is 11.8 Å². The number of nitriles is 1. The topological polar surface area (TPSA) is 42.2 Å². The first kappa shape index (κ1) is 61.5. The molecule has 0 aromatic heterocycles. The molecule has 3 aliphatic carbocycles. The van der Waals surface area contributed by atoms with Crippen molar-refractivity contribution in [2.24, 2.45) is 53.3 Å². The fourth-order valence-corrected chi connectivity index (χ4v) is 9.40. The van der Waals surface area contributed by atoms with Gasteiger partial charge < -0.3 is 9.47 Å². The summed E-state index contributed by atoms with van der Waals surface area (Å²) in [4.78, 5) is 0. The van der Waals surface area contributed by atoms with Crippen LogP contribution in [0.4, 0.5) is 0 Å². The van der Waals surface area contributed by atoms with E-state index in [1.165, 1.54) is 80.1 Å². The Balaban J connectivity index is 0.000000769. The van der Waals surface area contributed by atoms with Crippen molar-refractivity contribution in [3.8, 4) is 36.5 Å². The molecule has 3 nitrogen and oxygen atoms in total. The Morgan fingerprint density at radius 2 is 1.28 bits per heavy atom. The molecule has 5 unspecified atom stereocenters. The number of rotatable bonds is 12. The van der Waals surface area contributed by atoms with Crippen molar-refractivity contribution in [1.29, 1.82) is 5.26 Å². The number of ether oxygens (including phenoxy) is 2. The monoisotopic (exact) mass is 892 g/mol. The Hall–Kier alpha value is -3.45. The van der Waals surface area contributed by atoms with Crippen molar-refractivity contribution >= 4 is 6.08 Å². The summed E-state index contributed by atoms with van der Waals surface area (Å²) < 4.78 is 10.4. The molecule has 366 valence electrons. The first-order chi connectivity index (χ1) is 30.6. The van der Waals surface area contributed by atoms with Crippen LogP contribution < -0.4 is 4.74 Å². The molecular weight excluding hydrogens is 791 g/mol. The highest BCUT2D eigenvalue weighted by molar-refractivity contribution is 5.65. The van der Waals surface area contributed by atoms with Gasteiger partial charge in [0.05, 0.1) is 6.10 Å². The molecule has 0 amide bonds. The van der Waals surface area contributed by atoms with Crippen LogP contribution in [0.15, 0.2) is 48.0 Å². The van der Waals surface area contributed by atoms with Crippen molar-refractivity contribution in [2.45, 2.75) is 219 Å². The molecule has 2 fully saturated rings. The Labute approximate surface area is 405 Å². The minimum atomic E-state index is -0.0463. The van der Waals surface area contributed by atoms with E-state index in [1.807, 2.05) is 51.1 Å². The summed E-state index contributed by atoms with van der Waals surface area (Å²) in [6.07, 6.45) is 27.9. The van der Waals surface area contributed by atoms with Crippen LogP contribution in [-0.4, -0.2) is 18.8 Å². The van der Waals surface area contributed by atoms with E-state index in [-0.39, 0.29) is 18.8 Å². The van der Waals surface area contributed by atoms with Crippen LogP contribution in [0.3, 0.4) is 0 Å². The largest absolute Gasteiger partial charge is 0.478 e. The lowest BCUT2D eigenvalue weighted by atomic mass is 9.72. The molecule has 0 radical (unpaired) electrons. The number of terminal acetylenes is 2. The number of fused-ring (bicyclic) bond motifs is 1. The molecule has 0 heterocycles. The van der Waals surface area contributed by atoms with Crippen molar-refractivity contribution in [3.63, 3.8) is 0 Å². The molecule has 65 heavy (non-hydrogen) atoms. The van der Waals surface area contributed by atoms with E-state index in [0.717, 1.165) is 77.4 Å². The number of hydrogen-bond donors (Lipinski definition) is 0. The number of para-hydroxylation sites is 1. The SMILES string of the molecule is C#CC(C)OC(C)C.C#CCC1=Cc2cc(C(C)C)ccc2C1.CC(C)C(C)C(C)C.CC(C)C1CCCCC1C.CC(C)c1ccccc1OCC#N.CCC1CCCCC1C(C)C. The predicted molar refractivity (Wildman–Crippen MR) is 287 cm³/mol. The molecule has 3 heteroatoms. The highest BCUT2D eigenvalue weighted by Crippen LogP contribution is 2.37. The summed E-state index contributed by atoms with van der Waals surface area (Å²) in [5.74, 6) is 15.5. The Morgan fingerprint density at radius 1 is 0.708 bits per heavy atom. The molecule has 0 aliphatic heterocycles. The van der Waals surface area contributed by atoms with E-state index in [2.05, 4.69) is 140 Å². The van der Waals surface area contributed by atoms with Gasteiger partial charge in [0, 0.05) is 6.42 Å². The minimum Gasteiger partial charge on any atom is -0.478 e. The second-order valence-corrected chi connectivity index (χ2v) is 21.5. The Morgan fingerprint density at radius 3 is 1.69 bits per heavy atom. The second kappa shape index (κ2) is 34.8. The van der Waals surface area contributed by atoms with Crippen LogP contribution in [-0.2, 0) is 11.2 Å². The maximum absolute atomic E-state index is 8.38. The maximum atomic E-state index is 8.38. The van der Waals surface area contributed by atoms with Gasteiger partial charge in [-0.05, 0) is 133 Å². The van der Waals surface area contributed by atoms with E-state index >= 15 is 0 Å². The highest BCUT2D eigenvalue weighted by Gasteiger charge is 2.26. The summed E-state index contributed by atoms with van der Waals surface area (Å²) in [5.41, 5.74) is 6.72. The molecule has 0 bridgehead atoms. The lowest BCUT2D eigenvalue weighted by Gasteiger charge is -2.33. The average molecular weight is 892 g/mol. The van der Waals surface area contributed by atoms with E-state index in [9.17, 15) is 0 Å². The summed E-state index contributed by atoms with van der Waals surface area (Å²) in [6, 6.07) is 16.5. The average Bonchev–Trinajstić information content (AvgIpc) is 3.68. The van der Waals surface area contributed by atoms with Crippen LogP contribution in [0, 0.1) is 89.3 Å². The molecule has 0 saturated heterocycles. The maximum Gasteiger partial charge on any atom is 0.174 e. The van der Waals surface area contributed by atoms with E-state index in [4.69, 9.17) is 27.6 Å². The predicted octanol–water partition coefficient (Wildman–Crippen LogP) is 18.2. The smallest absolute Gasteiger partial charge is 0.174 e. The fourth-order valence-electron chi connectivity index (χ4n) is 9.40. The first-order valence-corrected chi connectivity index (χ1v) is 26.1. The van der Waals surface area contributed by atoms with E-state index < -0.39 is 0 Å². The van der Waals surface area contributed by atoms with Gasteiger partial charge in [-0.15, -0.1) is 18.8 Å². The van der Waals surface area contributed by atoms with Gasteiger partial charge in [0.25, 0.3) is 0 Å². The van der Waals surface area contributed by atoms with Crippen LogP contribution in [0.1, 0.15) is 223 Å². The van der Waals surface area contributed by atoms with Gasteiger partial charge in [-0.3, -0.25) is 0 Å². The molecule has 5 rings (SSSR count). The van der Waals surface area contributed by atoms with Gasteiger partial charge in [-0.25, -0.2) is 0 Å². The number of hydrogen-bond acceptors (Lipinski definition) is 3. The van der Waals surface area contributed by atoms with Crippen LogP contribution >= 0.6 is 0 Å². The summed E-state index contributed by atoms with van der Waals surface area (Å²) in [7, 11) is 0. The van der Waals surface area contributed by atoms with Crippen LogP contribution in [0.2, 0.25) is 0 Å². The Kier molecular flexibility index (Phi) is 33.0. The van der Waals surface area contributed by atoms with Gasteiger partial charge in [0.2, 0.25) is 0 Å². The second-order valence-electron chi connectivity index (χ2n) is 21.5. The van der Waals surface area contributed by atoms with Gasteiger partial charge in [0.15, 0.2) is 6.61 Å². The Bertz CT molecular complexity index is 1680. The highest BCUT2D eigenvalue weighted by atomic mass is 16.5. The number of nitrogens with zero attached hydrogens (tertiary/aromatic N) is 1. The normalized spacial score (nSPS) is 19.1. The van der Waals surface area contributed by atoms with Crippen molar-refractivity contribution in [3.05, 3.63) is 70.3 Å². The number of allylic oxidation sites excluding steroid dienone is 1. The van der Waals surface area contributed by atoms with Crippen molar-refractivity contribution in [1.82, 2.24) is 0 Å². The van der Waals surface area contributed by atoms with Crippen molar-refractivity contribution < 1.29 is 9.47 Å². The zero-order valence-electron chi connectivity index (χ0n) is 45.5. The molecule has 3 aliphatic rings. The molecular formula is C62H101NO2. The minimum absolute atomic E-state index is 0.0463. The zero-order chi connectivity index (χ0) is 49.6. The number of benzene rings is 2.